The highest BCUT2D eigenvalue weighted by molar-refractivity contribution is 9.26. The minimum absolute atomic E-state index is 1.34. The average Bonchev–Trinajstić information content (AvgIpc) is 2.85. The van der Waals surface area contributed by atoms with Gasteiger partial charge in [0.1, 0.15) is 0 Å². The van der Waals surface area contributed by atoms with Crippen LogP contribution in [0.1, 0.15) is 181 Å². The summed E-state index contributed by atoms with van der Waals surface area (Å²) in [6.07, 6.45) is 37.8. The lowest BCUT2D eigenvalue weighted by Crippen LogP contribution is -1.83. The largest absolute Gasteiger partial charge is 0.0817 e. The molecule has 0 spiro atoms. The van der Waals surface area contributed by atoms with Crippen molar-refractivity contribution in [1.82, 2.24) is 0 Å². The molecule has 0 aromatic heterocycles. The van der Waals surface area contributed by atoms with Crippen LogP contribution in [0.2, 0.25) is 0 Å². The molecule has 0 atom stereocenters. The van der Waals surface area contributed by atoms with Crippen molar-refractivity contribution in [3.05, 3.63) is 0 Å². The molecule has 0 aliphatic heterocycles. The predicted molar refractivity (Wildman–Crippen MR) is 171 cm³/mol. The fourth-order valence-corrected chi connectivity index (χ4v) is 10.7. The smallest absolute Gasteiger partial charge is 0.00454 e. The van der Waals surface area contributed by atoms with Crippen molar-refractivity contribution in [2.75, 3.05) is 11.5 Å². The molecule has 0 aromatic carbocycles. The van der Waals surface area contributed by atoms with Crippen molar-refractivity contribution in [3.63, 3.8) is 0 Å². The fraction of sp³-hybridized carbons (Fsp3) is 1.00. The van der Waals surface area contributed by atoms with Gasteiger partial charge in [-0.05, 0) is 32.5 Å². The molecule has 206 valence electrons. The van der Waals surface area contributed by atoms with Crippen molar-refractivity contribution < 1.29 is 0 Å². The minimum atomic E-state index is 1.34. The van der Waals surface area contributed by atoms with Crippen LogP contribution in [0.15, 0.2) is 0 Å². The molecule has 0 radical (unpaired) electrons. The molecule has 0 aliphatic rings. The second-order valence-corrected chi connectivity index (χ2v) is 16.5. The van der Waals surface area contributed by atoms with Gasteiger partial charge in [0, 0.05) is 11.5 Å². The lowest BCUT2D eigenvalue weighted by molar-refractivity contribution is 0.543. The van der Waals surface area contributed by atoms with E-state index in [9.17, 15) is 0 Å². The summed E-state index contributed by atoms with van der Waals surface area (Å²) in [5.41, 5.74) is 0. The summed E-state index contributed by atoms with van der Waals surface area (Å²) in [4.78, 5) is 0. The number of hydrogen-bond donors (Lipinski definition) is 0. The van der Waals surface area contributed by atoms with Crippen LogP contribution in [-0.2, 0) is 0 Å². The Hall–Kier alpha value is 1.40. The second-order valence-electron chi connectivity index (χ2n) is 10.3. The maximum absolute atomic E-state index is 2.30. The van der Waals surface area contributed by atoms with Gasteiger partial charge in [-0.15, -0.1) is 0 Å². The zero-order valence-electron chi connectivity index (χ0n) is 23.4. The zero-order valence-corrected chi connectivity index (χ0v) is 26.7. The highest BCUT2D eigenvalue weighted by Crippen LogP contribution is 2.43. The summed E-state index contributed by atoms with van der Waals surface area (Å²) < 4.78 is 0. The molecule has 0 amide bonds. The first-order chi connectivity index (χ1) is 16.9. The van der Waals surface area contributed by atoms with Gasteiger partial charge in [-0.1, -0.05) is 190 Å². The summed E-state index contributed by atoms with van der Waals surface area (Å²) >= 11 is 0. The lowest BCUT2D eigenvalue weighted by atomic mass is 10.1. The van der Waals surface area contributed by atoms with Crippen LogP contribution < -0.4 is 0 Å². The Morgan fingerprint density at radius 1 is 0.265 bits per heavy atom. The van der Waals surface area contributed by atoms with Crippen LogP contribution in [0, 0.1) is 0 Å². The third-order valence-electron chi connectivity index (χ3n) is 6.79. The van der Waals surface area contributed by atoms with Gasteiger partial charge in [-0.3, -0.25) is 0 Å². The van der Waals surface area contributed by atoms with E-state index in [0.29, 0.717) is 0 Å². The van der Waals surface area contributed by atoms with Gasteiger partial charge < -0.3 is 0 Å². The molecule has 0 aromatic rings. The molecule has 0 aliphatic carbocycles. The number of rotatable bonds is 31. The predicted octanol–water partition coefficient (Wildman–Crippen LogP) is 13.8. The van der Waals surface area contributed by atoms with E-state index in [0.717, 1.165) is 0 Å². The summed E-state index contributed by atoms with van der Waals surface area (Å²) in [5, 5.41) is 0. The topological polar surface area (TPSA) is 0 Å². The molecule has 0 saturated carbocycles. The first-order valence-corrected chi connectivity index (χ1v) is 20.6. The SMILES string of the molecule is CCCCCCCCCCCCCCCSSSSCCCCCCCCCCCCCCC. The van der Waals surface area contributed by atoms with Gasteiger partial charge in [0.2, 0.25) is 0 Å². The molecule has 0 nitrogen and oxygen atoms in total. The van der Waals surface area contributed by atoms with E-state index >= 15 is 0 Å². The molecule has 0 N–H and O–H groups in total. The maximum atomic E-state index is 2.30. The molecule has 0 heterocycles. The minimum Gasteiger partial charge on any atom is -0.0817 e. The van der Waals surface area contributed by atoms with Gasteiger partial charge in [-0.2, -0.15) is 0 Å². The second kappa shape index (κ2) is 34.4. The fourth-order valence-electron chi connectivity index (χ4n) is 4.46. The molecule has 0 saturated heterocycles. The van der Waals surface area contributed by atoms with Crippen molar-refractivity contribution in [1.29, 1.82) is 0 Å². The average molecular weight is 551 g/mol. The van der Waals surface area contributed by atoms with Gasteiger partial charge in [0.15, 0.2) is 0 Å². The molecule has 4 heteroatoms. The van der Waals surface area contributed by atoms with E-state index in [4.69, 9.17) is 0 Å². The van der Waals surface area contributed by atoms with Gasteiger partial charge >= 0.3 is 0 Å². The van der Waals surface area contributed by atoms with E-state index in [2.05, 4.69) is 35.4 Å². The summed E-state index contributed by atoms with van der Waals surface area (Å²) in [6.45, 7) is 4.61. The molecule has 0 unspecified atom stereocenters. The Morgan fingerprint density at radius 3 is 0.706 bits per heavy atom. The van der Waals surface area contributed by atoms with Crippen molar-refractivity contribution >= 4 is 41.2 Å². The molecule has 34 heavy (non-hydrogen) atoms. The molecule has 0 fully saturated rings. The summed E-state index contributed by atoms with van der Waals surface area (Å²) in [5.74, 6) is 2.68. The summed E-state index contributed by atoms with van der Waals surface area (Å²) in [7, 11) is 8.20. The van der Waals surface area contributed by atoms with Crippen LogP contribution in [0.5, 0.6) is 0 Å². The van der Waals surface area contributed by atoms with E-state index in [1.165, 1.54) is 178 Å². The Morgan fingerprint density at radius 2 is 0.471 bits per heavy atom. The van der Waals surface area contributed by atoms with Gasteiger partial charge in [0.25, 0.3) is 0 Å². The maximum Gasteiger partial charge on any atom is 0.00454 e. The van der Waals surface area contributed by atoms with Crippen LogP contribution in [0.3, 0.4) is 0 Å². The molecular formula is C30H62S4. The Balaban J connectivity index is 2.99. The van der Waals surface area contributed by atoms with Crippen LogP contribution >= 0.6 is 41.2 Å². The lowest BCUT2D eigenvalue weighted by Gasteiger charge is -2.04. The van der Waals surface area contributed by atoms with E-state index in [-0.39, 0.29) is 0 Å². The molecule has 0 bridgehead atoms. The molecular weight excluding hydrogens is 489 g/mol. The zero-order chi connectivity index (χ0) is 24.6. The van der Waals surface area contributed by atoms with Crippen molar-refractivity contribution in [2.24, 2.45) is 0 Å². The van der Waals surface area contributed by atoms with Crippen molar-refractivity contribution in [2.45, 2.75) is 181 Å². The van der Waals surface area contributed by atoms with Crippen molar-refractivity contribution in [3.8, 4) is 0 Å². The Kier molecular flexibility index (Phi) is 35.8. The highest BCUT2D eigenvalue weighted by Gasteiger charge is 1.97. The third-order valence-corrected chi connectivity index (χ3v) is 13.4. The van der Waals surface area contributed by atoms with Crippen LogP contribution in [0.25, 0.3) is 0 Å². The number of unbranched alkanes of at least 4 members (excludes halogenated alkanes) is 24. The number of hydrogen-bond acceptors (Lipinski definition) is 4. The first-order valence-electron chi connectivity index (χ1n) is 15.5. The molecule has 0 rings (SSSR count). The Bertz CT molecular complexity index is 306. The van der Waals surface area contributed by atoms with E-state index in [1.807, 2.05) is 19.7 Å². The standard InChI is InChI=1S/C30H62S4/c1-3-5-7-9-11-13-15-17-19-21-23-25-27-29-31-33-34-32-30-28-26-24-22-20-18-16-14-12-10-8-6-4-2/h3-30H2,1-2H3. The van der Waals surface area contributed by atoms with E-state index in [1.54, 1.807) is 0 Å². The third kappa shape index (κ3) is 33.4. The monoisotopic (exact) mass is 550 g/mol. The van der Waals surface area contributed by atoms with Crippen LogP contribution in [-0.4, -0.2) is 11.5 Å². The highest BCUT2D eigenvalue weighted by atomic mass is 33.7. The quantitative estimate of drug-likeness (QED) is 0.0621. The van der Waals surface area contributed by atoms with Gasteiger partial charge in [-0.25, -0.2) is 0 Å². The Labute approximate surface area is 232 Å². The summed E-state index contributed by atoms with van der Waals surface area (Å²) in [6, 6.07) is 0. The van der Waals surface area contributed by atoms with Crippen LogP contribution in [0.4, 0.5) is 0 Å². The normalized spacial score (nSPS) is 11.5. The van der Waals surface area contributed by atoms with E-state index < -0.39 is 0 Å². The first kappa shape index (κ1) is 35.4. The van der Waals surface area contributed by atoms with Gasteiger partial charge in [0.05, 0.1) is 0 Å².